The second kappa shape index (κ2) is 11.4. The molecule has 0 unspecified atom stereocenters. The number of nitrogens with zero attached hydrogens (tertiary/aromatic N) is 4. The number of nitrogens with one attached hydrogen (secondary N) is 1. The fourth-order valence-electron chi connectivity index (χ4n) is 3.04. The molecule has 0 aliphatic carbocycles. The molecule has 4 aromatic rings. The van der Waals surface area contributed by atoms with Crippen molar-refractivity contribution < 1.29 is 36.2 Å². The normalized spacial score (nSPS) is 11.6. The van der Waals surface area contributed by atoms with Gasteiger partial charge in [-0.15, -0.1) is 0 Å². The van der Waals surface area contributed by atoms with Gasteiger partial charge >= 0.3 is 12.1 Å². The van der Waals surface area contributed by atoms with Gasteiger partial charge in [0.05, 0.1) is 30.1 Å². The molecule has 2 N–H and O–H groups in total. The van der Waals surface area contributed by atoms with Crippen LogP contribution in [-0.4, -0.2) is 71.1 Å². The third-order valence-electron chi connectivity index (χ3n) is 5.05. The van der Waals surface area contributed by atoms with Gasteiger partial charge < -0.3 is 14.8 Å². The van der Waals surface area contributed by atoms with Crippen LogP contribution in [0.25, 0.3) is 33.9 Å². The number of alkyl halides is 3. The minimum atomic E-state index is -5.08. The van der Waals surface area contributed by atoms with Gasteiger partial charge in [0.15, 0.2) is 5.82 Å². The maximum Gasteiger partial charge on any atom is 0.490 e. The highest BCUT2D eigenvalue weighted by Crippen LogP contribution is 2.27. The number of ether oxygens (including phenoxy) is 1. The number of H-pyrrole nitrogens is 1. The summed E-state index contributed by atoms with van der Waals surface area (Å²) in [6.07, 6.45) is 1.75. The molecule has 0 spiro atoms. The van der Waals surface area contributed by atoms with E-state index in [1.54, 1.807) is 56.2 Å². The lowest BCUT2D eigenvalue weighted by Crippen LogP contribution is -2.22. The van der Waals surface area contributed by atoms with Crippen molar-refractivity contribution in [1.82, 2.24) is 24.2 Å². The first kappa shape index (κ1) is 28.3. The van der Waals surface area contributed by atoms with Crippen molar-refractivity contribution in [2.24, 2.45) is 0 Å². The maximum absolute atomic E-state index is 12.2. The molecule has 14 heteroatoms. The fraction of sp³-hybridized carbons (Fsp3) is 0.167. The average Bonchev–Trinajstić information content (AvgIpc) is 3.39. The van der Waals surface area contributed by atoms with Gasteiger partial charge in [-0.05, 0) is 41.5 Å². The molecule has 10 nitrogen and oxygen atoms in total. The molecule has 1 aromatic carbocycles. The van der Waals surface area contributed by atoms with Crippen molar-refractivity contribution in [3.63, 3.8) is 0 Å². The van der Waals surface area contributed by atoms with Crippen molar-refractivity contribution in [3.05, 3.63) is 67.3 Å². The highest BCUT2D eigenvalue weighted by atomic mass is 32.2. The average molecular weight is 550 g/mol. The summed E-state index contributed by atoms with van der Waals surface area (Å²) in [4.78, 5) is 25.5. The van der Waals surface area contributed by atoms with E-state index in [1.165, 1.54) is 18.4 Å². The predicted molar refractivity (Wildman–Crippen MR) is 132 cm³/mol. The van der Waals surface area contributed by atoms with E-state index in [2.05, 4.69) is 19.9 Å². The van der Waals surface area contributed by atoms with Crippen LogP contribution in [0.5, 0.6) is 5.75 Å². The third-order valence-corrected chi connectivity index (χ3v) is 6.88. The quantitative estimate of drug-likeness (QED) is 0.367. The molecule has 0 aliphatic rings. The Bertz CT molecular complexity index is 1520. The number of imidazole rings is 1. The zero-order valence-corrected chi connectivity index (χ0v) is 21.1. The Balaban J connectivity index is 0.000000505. The van der Waals surface area contributed by atoms with Crippen LogP contribution in [0.1, 0.15) is 0 Å². The summed E-state index contributed by atoms with van der Waals surface area (Å²) in [6.45, 7) is 0. The number of halogens is 3. The number of rotatable bonds is 6. The zero-order chi connectivity index (χ0) is 28.1. The van der Waals surface area contributed by atoms with Crippen molar-refractivity contribution in [1.29, 1.82) is 0 Å². The fourth-order valence-corrected chi connectivity index (χ4v) is 3.94. The Hall–Kier alpha value is -4.30. The zero-order valence-electron chi connectivity index (χ0n) is 20.3. The Kier molecular flexibility index (Phi) is 8.48. The van der Waals surface area contributed by atoms with Crippen molar-refractivity contribution in [3.8, 4) is 39.7 Å². The van der Waals surface area contributed by atoms with Gasteiger partial charge in [-0.3, -0.25) is 9.97 Å². The Morgan fingerprint density at radius 2 is 1.63 bits per heavy atom. The van der Waals surface area contributed by atoms with Crippen LogP contribution in [0, 0.1) is 0 Å². The molecule has 0 saturated carbocycles. The Labute approximate surface area is 215 Å². The summed E-state index contributed by atoms with van der Waals surface area (Å²) in [7, 11) is 1.15. The van der Waals surface area contributed by atoms with Gasteiger partial charge in [-0.1, -0.05) is 12.1 Å². The molecule has 0 radical (unpaired) electrons. The van der Waals surface area contributed by atoms with E-state index < -0.39 is 22.2 Å². The molecule has 3 aromatic heterocycles. The van der Waals surface area contributed by atoms with Crippen LogP contribution in [-0.2, 0) is 14.8 Å². The number of carboxylic acid groups (broad SMARTS) is 1. The first-order valence-electron chi connectivity index (χ1n) is 10.7. The molecule has 38 heavy (non-hydrogen) atoms. The number of methoxy groups -OCH3 is 1. The van der Waals surface area contributed by atoms with Crippen molar-refractivity contribution in [2.45, 2.75) is 11.1 Å². The first-order valence-corrected chi connectivity index (χ1v) is 12.1. The summed E-state index contributed by atoms with van der Waals surface area (Å²) >= 11 is 0. The van der Waals surface area contributed by atoms with E-state index in [0.717, 1.165) is 22.4 Å². The lowest BCUT2D eigenvalue weighted by molar-refractivity contribution is -0.192. The number of aromatic nitrogens is 4. The van der Waals surface area contributed by atoms with Gasteiger partial charge in [0.1, 0.15) is 11.4 Å². The van der Waals surface area contributed by atoms with Crippen LogP contribution in [0.15, 0.2) is 72.1 Å². The second-order valence-corrected chi connectivity index (χ2v) is 9.96. The van der Waals surface area contributed by atoms with E-state index in [0.29, 0.717) is 17.3 Å². The second-order valence-electron chi connectivity index (χ2n) is 7.80. The van der Waals surface area contributed by atoms with E-state index >= 15 is 0 Å². The topological polar surface area (TPSA) is 138 Å². The van der Waals surface area contributed by atoms with E-state index in [1.807, 2.05) is 18.2 Å². The number of aromatic amines is 1. The van der Waals surface area contributed by atoms with E-state index in [4.69, 9.17) is 14.6 Å². The molecule has 0 bridgehead atoms. The van der Waals surface area contributed by atoms with Crippen LogP contribution < -0.4 is 4.74 Å². The van der Waals surface area contributed by atoms with Crippen LogP contribution in [0.2, 0.25) is 0 Å². The number of hydrogen-bond acceptors (Lipinski definition) is 7. The van der Waals surface area contributed by atoms with Crippen molar-refractivity contribution >= 4 is 16.0 Å². The number of carbonyl (C=O) groups is 1. The third kappa shape index (κ3) is 6.72. The molecule has 0 fully saturated rings. The van der Waals surface area contributed by atoms with Gasteiger partial charge in [-0.25, -0.2) is 22.5 Å². The summed E-state index contributed by atoms with van der Waals surface area (Å²) in [5, 5.41) is 7.12. The molecular formula is C24H22F3N5O5S. The summed E-state index contributed by atoms with van der Waals surface area (Å²) in [5.74, 6) is -1.47. The molecule has 0 saturated heterocycles. The Morgan fingerprint density at radius 1 is 0.974 bits per heavy atom. The standard InChI is InChI=1S/C22H21N5O3S.C2HF3O2/c1-27(2)31(28,29)19-6-4-15(5-7-19)21-14-25-22(26-21)20-11-16(8-9-24-20)17-10-18(30-3)13-23-12-17;3-2(4,5)1(6)7/h4-14H,1-3H3,(H,25,26);(H,6,7). The predicted octanol–water partition coefficient (Wildman–Crippen LogP) is 4.09. The van der Waals surface area contributed by atoms with Crippen LogP contribution in [0.4, 0.5) is 13.2 Å². The smallest absolute Gasteiger partial charge is 0.490 e. The summed E-state index contributed by atoms with van der Waals surface area (Å²) in [6, 6.07) is 12.4. The molecule has 0 amide bonds. The maximum atomic E-state index is 12.2. The van der Waals surface area contributed by atoms with Gasteiger partial charge in [-0.2, -0.15) is 13.2 Å². The van der Waals surface area contributed by atoms with Gasteiger partial charge in [0, 0.05) is 32.1 Å². The molecule has 200 valence electrons. The minimum absolute atomic E-state index is 0.238. The number of carboxylic acids is 1. The lowest BCUT2D eigenvalue weighted by atomic mass is 10.1. The summed E-state index contributed by atoms with van der Waals surface area (Å²) < 4.78 is 62.7. The van der Waals surface area contributed by atoms with Gasteiger partial charge in [0.25, 0.3) is 0 Å². The Morgan fingerprint density at radius 3 is 2.21 bits per heavy atom. The van der Waals surface area contributed by atoms with Crippen LogP contribution in [0.3, 0.4) is 0 Å². The molecule has 3 heterocycles. The number of hydrogen-bond donors (Lipinski definition) is 2. The molecule has 4 rings (SSSR count). The minimum Gasteiger partial charge on any atom is -0.495 e. The number of benzene rings is 1. The van der Waals surface area contributed by atoms with E-state index in [-0.39, 0.29) is 4.90 Å². The lowest BCUT2D eigenvalue weighted by Gasteiger charge is -2.11. The number of aliphatic carboxylic acids is 1. The van der Waals surface area contributed by atoms with Crippen molar-refractivity contribution in [2.75, 3.05) is 21.2 Å². The SMILES string of the molecule is COc1cncc(-c2ccnc(-c3ncc(-c4ccc(S(=O)(=O)N(C)C)cc4)[nH]3)c2)c1.O=C(O)C(F)(F)F. The molecule has 0 aliphatic heterocycles. The largest absolute Gasteiger partial charge is 0.495 e. The number of pyridine rings is 2. The van der Waals surface area contributed by atoms with Gasteiger partial charge in [0.2, 0.25) is 10.0 Å². The first-order chi connectivity index (χ1) is 17.8. The summed E-state index contributed by atoms with van der Waals surface area (Å²) in [5.41, 5.74) is 4.11. The van der Waals surface area contributed by atoms with E-state index in [9.17, 15) is 21.6 Å². The monoisotopic (exact) mass is 549 g/mol. The highest BCUT2D eigenvalue weighted by molar-refractivity contribution is 7.89. The molecular weight excluding hydrogens is 527 g/mol. The van der Waals surface area contributed by atoms with Crippen LogP contribution >= 0.6 is 0 Å². The highest BCUT2D eigenvalue weighted by Gasteiger charge is 2.38. The number of sulfonamides is 1. The molecule has 0 atom stereocenters.